The molecule has 1 aromatic heterocycles. The molecule has 0 aliphatic rings. The minimum atomic E-state index is -0.858. The van der Waals surface area contributed by atoms with Gasteiger partial charge in [-0.15, -0.1) is 0 Å². The second-order valence-electron chi connectivity index (χ2n) is 13.3. The SMILES string of the molecule is [2H]c1c([2H])c([2H])c(-c2cc(-c3nc(-c4c([2H])c([2H])c(-c5c([2H])c([2H])c([2H])c([2H])c5[2H])c([2H])c4[2H])nc(-c4cccc5c4ccc4ccccc45)n3)cc(-c3c([2H])c([2H])c4c([2H])c(-c5c([2H])c([2H])c([2H])c([2H])c5[2H])c([2H])c([2H])c4c3[2H])c2)c([2H])c1[2H]. The molecule has 1 heterocycles. The molecule has 11 aromatic rings. The van der Waals surface area contributed by atoms with Crippen molar-refractivity contribution in [2.75, 3.05) is 0 Å². The fourth-order valence-corrected chi connectivity index (χ4v) is 6.86. The average molecular weight is 789 g/mol. The molecule has 0 atom stereocenters. The third-order valence-electron chi connectivity index (χ3n) is 9.66. The maximum absolute atomic E-state index is 9.71. The molecule has 0 amide bonds. The molecule has 0 unspecified atom stereocenters. The van der Waals surface area contributed by atoms with Gasteiger partial charge in [0.25, 0.3) is 0 Å². The Morgan fingerprint density at radius 2 is 0.750 bits per heavy atom. The Morgan fingerprint density at radius 1 is 0.283 bits per heavy atom. The fourth-order valence-electron chi connectivity index (χ4n) is 6.86. The predicted octanol–water partition coefficient (Wildman–Crippen LogP) is 15.0. The van der Waals surface area contributed by atoms with Gasteiger partial charge in [0.1, 0.15) is 0 Å². The Labute approximate surface area is 384 Å². The number of hydrogen-bond acceptors (Lipinski definition) is 3. The van der Waals surface area contributed by atoms with Crippen LogP contribution in [0.15, 0.2) is 224 Å². The molecule has 3 nitrogen and oxygen atoms in total. The smallest absolute Gasteiger partial charge is 0.164 e. The van der Waals surface area contributed by atoms with E-state index in [1.54, 1.807) is 18.2 Å². The summed E-state index contributed by atoms with van der Waals surface area (Å²) in [5.41, 5.74) is -4.14. The zero-order chi connectivity index (χ0) is 61.6. The Hall–Kier alpha value is -8.01. The number of hydrogen-bond donors (Lipinski definition) is 0. The minimum Gasteiger partial charge on any atom is -0.208 e. The minimum absolute atomic E-state index is 0.142. The van der Waals surface area contributed by atoms with Gasteiger partial charge >= 0.3 is 0 Å². The number of fused-ring (bicyclic) bond motifs is 4. The van der Waals surface area contributed by atoms with Crippen molar-refractivity contribution in [1.29, 1.82) is 0 Å². The van der Waals surface area contributed by atoms with Gasteiger partial charge in [-0.2, -0.15) is 0 Å². The summed E-state index contributed by atoms with van der Waals surface area (Å²) >= 11 is 0. The molecular weight excluding hydrogens is 727 g/mol. The van der Waals surface area contributed by atoms with E-state index in [9.17, 15) is 12.3 Å². The van der Waals surface area contributed by atoms with Gasteiger partial charge in [-0.1, -0.05) is 194 Å². The van der Waals surface area contributed by atoms with Crippen LogP contribution in [-0.2, 0) is 0 Å². The van der Waals surface area contributed by atoms with Crippen LogP contribution in [0.25, 0.3) is 111 Å². The molecule has 11 rings (SSSR count). The Balaban J connectivity index is 1.25. The number of aromatic nitrogens is 3. The molecule has 0 saturated heterocycles. The molecule has 0 saturated carbocycles. The van der Waals surface area contributed by atoms with Gasteiger partial charge in [0.2, 0.25) is 0 Å². The third kappa shape index (κ3) is 6.68. The lowest BCUT2D eigenvalue weighted by Crippen LogP contribution is -2.01. The maximum Gasteiger partial charge on any atom is 0.164 e. The van der Waals surface area contributed by atoms with Crippen LogP contribution in [-0.4, -0.2) is 15.0 Å². The largest absolute Gasteiger partial charge is 0.208 e. The molecule has 0 fully saturated rings. The summed E-state index contributed by atoms with van der Waals surface area (Å²) < 4.78 is 221. The van der Waals surface area contributed by atoms with Crippen LogP contribution in [0.1, 0.15) is 34.3 Å². The van der Waals surface area contributed by atoms with Gasteiger partial charge in [-0.05, 0) is 107 Å². The van der Waals surface area contributed by atoms with Gasteiger partial charge in [0, 0.05) is 16.7 Å². The van der Waals surface area contributed by atoms with Gasteiger partial charge in [-0.25, -0.2) is 15.0 Å². The zero-order valence-corrected chi connectivity index (χ0v) is 30.8. The number of benzene rings is 10. The molecule has 60 heavy (non-hydrogen) atoms. The number of nitrogens with zero attached hydrogens (tertiary/aromatic N) is 3. The monoisotopic (exact) mass is 788 g/mol. The fraction of sp³-hybridized carbons (Fsp3) is 0. The van der Waals surface area contributed by atoms with E-state index in [0.717, 1.165) is 16.2 Å². The first kappa shape index (κ1) is 17.9. The average Bonchev–Trinajstić information content (AvgIpc) is 1.92. The van der Waals surface area contributed by atoms with E-state index in [4.69, 9.17) is 36.9 Å². The molecule has 0 N–H and O–H groups in total. The van der Waals surface area contributed by atoms with Crippen molar-refractivity contribution in [2.45, 2.75) is 0 Å². The van der Waals surface area contributed by atoms with Crippen molar-refractivity contribution in [3.63, 3.8) is 0 Å². The highest BCUT2D eigenvalue weighted by Gasteiger charge is 2.17. The summed E-state index contributed by atoms with van der Waals surface area (Å²) in [5, 5.41) is 1.91. The summed E-state index contributed by atoms with van der Waals surface area (Å²) in [6.45, 7) is 0. The highest BCUT2D eigenvalue weighted by molar-refractivity contribution is 6.11. The van der Waals surface area contributed by atoms with Gasteiger partial charge in [0.15, 0.2) is 17.5 Å². The molecule has 0 aliphatic carbocycles. The predicted molar refractivity (Wildman–Crippen MR) is 250 cm³/mol. The van der Waals surface area contributed by atoms with Crippen molar-refractivity contribution in [1.82, 2.24) is 15.0 Å². The summed E-state index contributed by atoms with van der Waals surface area (Å²) in [6, 6.07) is 0.465. The van der Waals surface area contributed by atoms with Crippen molar-refractivity contribution < 1.29 is 34.3 Å². The van der Waals surface area contributed by atoms with E-state index in [2.05, 4.69) is 0 Å². The van der Waals surface area contributed by atoms with Crippen LogP contribution in [0.3, 0.4) is 0 Å². The van der Waals surface area contributed by atoms with Crippen LogP contribution >= 0.6 is 0 Å². The maximum atomic E-state index is 9.71. The van der Waals surface area contributed by atoms with E-state index in [-0.39, 0.29) is 28.3 Å². The Kier molecular flexibility index (Phi) is 4.48. The topological polar surface area (TPSA) is 38.7 Å². The Bertz CT molecular complexity index is 4740. The normalized spacial score (nSPS) is 17.2. The standard InChI is InChI=1S/C57H37N3/c1-4-13-38(14-5-1)41-23-25-43(26-24-41)55-58-56(60-57(59-55)54-22-12-21-52-51-20-11-10-19-42(51)31-32-53(52)54)50-36-48(40-17-8-3-9-18-40)35-49(37-50)47-30-29-45-33-44(27-28-46(45)34-47)39-15-6-2-7-16-39/h1-37H/i1D,2D,3D,4D,5D,6D,7D,8D,9D,13D,14D,15D,16D,17D,18D,23D,24D,25D,26D,27D,28D,29D,30D,33D,34D. The van der Waals surface area contributed by atoms with Gasteiger partial charge in [0.05, 0.1) is 34.3 Å². The summed E-state index contributed by atoms with van der Waals surface area (Å²) in [4.78, 5) is 14.4. The van der Waals surface area contributed by atoms with Gasteiger partial charge < -0.3 is 0 Å². The van der Waals surface area contributed by atoms with Crippen LogP contribution in [0.5, 0.6) is 0 Å². The first-order chi connectivity index (χ1) is 40.1. The van der Waals surface area contributed by atoms with E-state index >= 15 is 0 Å². The van der Waals surface area contributed by atoms with E-state index in [0.29, 0.717) is 10.9 Å². The van der Waals surface area contributed by atoms with E-state index in [1.807, 2.05) is 36.4 Å². The van der Waals surface area contributed by atoms with Crippen molar-refractivity contribution in [2.24, 2.45) is 0 Å². The summed E-state index contributed by atoms with van der Waals surface area (Å²) in [5.74, 6) is -1.03. The molecule has 0 radical (unpaired) electrons. The second kappa shape index (κ2) is 15.1. The summed E-state index contributed by atoms with van der Waals surface area (Å²) in [6.07, 6.45) is 0. The lowest BCUT2D eigenvalue weighted by molar-refractivity contribution is 1.08. The first-order valence-corrected chi connectivity index (χ1v) is 18.3. The Morgan fingerprint density at radius 3 is 1.42 bits per heavy atom. The molecule has 0 spiro atoms. The first-order valence-electron chi connectivity index (χ1n) is 30.8. The second-order valence-corrected chi connectivity index (χ2v) is 13.3. The van der Waals surface area contributed by atoms with E-state index in [1.165, 1.54) is 18.2 Å². The van der Waals surface area contributed by atoms with Crippen LogP contribution in [0.4, 0.5) is 0 Å². The highest BCUT2D eigenvalue weighted by atomic mass is 15.0. The number of rotatable bonds is 7. The molecule has 0 aliphatic heterocycles. The summed E-state index contributed by atoms with van der Waals surface area (Å²) in [7, 11) is 0. The third-order valence-corrected chi connectivity index (χ3v) is 9.66. The van der Waals surface area contributed by atoms with Crippen molar-refractivity contribution in [3.8, 4) is 78.7 Å². The van der Waals surface area contributed by atoms with Crippen molar-refractivity contribution >= 4 is 32.3 Å². The van der Waals surface area contributed by atoms with Crippen LogP contribution < -0.4 is 0 Å². The van der Waals surface area contributed by atoms with Gasteiger partial charge in [-0.3, -0.25) is 0 Å². The van der Waals surface area contributed by atoms with Crippen LogP contribution in [0, 0.1) is 0 Å². The van der Waals surface area contributed by atoms with E-state index < -0.39 is 207 Å². The highest BCUT2D eigenvalue weighted by Crippen LogP contribution is 2.37. The molecule has 280 valence electrons. The van der Waals surface area contributed by atoms with Crippen molar-refractivity contribution in [3.05, 3.63) is 224 Å². The van der Waals surface area contributed by atoms with Crippen LogP contribution in [0.2, 0.25) is 0 Å². The molecular formula is C57H37N3. The molecule has 0 bridgehead atoms. The lowest BCUT2D eigenvalue weighted by atomic mass is 9.93. The molecule has 10 aromatic carbocycles. The molecule has 3 heteroatoms. The quantitative estimate of drug-likeness (QED) is 0.151. The lowest BCUT2D eigenvalue weighted by Gasteiger charge is -2.14. The zero-order valence-electron chi connectivity index (χ0n) is 55.8.